The van der Waals surface area contributed by atoms with E-state index in [1.54, 1.807) is 24.3 Å². The third-order valence-electron chi connectivity index (χ3n) is 3.06. The third-order valence-corrected chi connectivity index (χ3v) is 3.06. The van der Waals surface area contributed by atoms with Gasteiger partial charge in [0, 0.05) is 11.8 Å². The molecule has 0 bridgehead atoms. The summed E-state index contributed by atoms with van der Waals surface area (Å²) in [5.74, 6) is 0.951. The molecular weight excluding hydrogens is 311 g/mol. The molecule has 3 aromatic rings. The molecule has 0 unspecified atom stereocenters. The number of alkyl halides is 3. The van der Waals surface area contributed by atoms with Crippen LogP contribution in [0.2, 0.25) is 0 Å². The van der Waals surface area contributed by atoms with Gasteiger partial charge in [0.15, 0.2) is 0 Å². The zero-order valence-electron chi connectivity index (χ0n) is 11.8. The highest BCUT2D eigenvalue weighted by molar-refractivity contribution is 5.59. The van der Waals surface area contributed by atoms with E-state index in [4.69, 9.17) is 9.26 Å². The van der Waals surface area contributed by atoms with E-state index in [0.717, 1.165) is 12.3 Å². The number of pyridine rings is 1. The van der Waals surface area contributed by atoms with Gasteiger partial charge in [0.2, 0.25) is 5.82 Å². The smallest absolute Gasteiger partial charge is 0.417 e. The molecule has 0 aliphatic carbocycles. The highest BCUT2D eigenvalue weighted by Gasteiger charge is 2.30. The third kappa shape index (κ3) is 3.15. The fourth-order valence-electron chi connectivity index (χ4n) is 1.89. The summed E-state index contributed by atoms with van der Waals surface area (Å²) in [6.07, 6.45) is -3.70. The highest BCUT2D eigenvalue weighted by atomic mass is 19.4. The fraction of sp³-hybridized carbons (Fsp3) is 0.133. The van der Waals surface area contributed by atoms with Crippen LogP contribution < -0.4 is 4.74 Å². The van der Waals surface area contributed by atoms with E-state index in [9.17, 15) is 13.2 Å². The van der Waals surface area contributed by atoms with Crippen LogP contribution in [0.1, 0.15) is 5.56 Å². The lowest BCUT2D eigenvalue weighted by molar-refractivity contribution is -0.137. The lowest BCUT2D eigenvalue weighted by atomic mass is 10.2. The van der Waals surface area contributed by atoms with Crippen LogP contribution in [0.25, 0.3) is 23.0 Å². The average molecular weight is 321 g/mol. The molecule has 0 saturated heterocycles. The first kappa shape index (κ1) is 15.0. The largest absolute Gasteiger partial charge is 0.497 e. The van der Waals surface area contributed by atoms with Gasteiger partial charge in [-0.3, -0.25) is 4.98 Å². The molecule has 8 heteroatoms. The van der Waals surface area contributed by atoms with Crippen LogP contribution in [0.3, 0.4) is 0 Å². The number of halogens is 3. The molecule has 2 heterocycles. The van der Waals surface area contributed by atoms with Gasteiger partial charge in [-0.25, -0.2) is 0 Å². The van der Waals surface area contributed by atoms with Crippen molar-refractivity contribution in [2.24, 2.45) is 0 Å². The van der Waals surface area contributed by atoms with Crippen LogP contribution in [-0.4, -0.2) is 22.2 Å². The van der Waals surface area contributed by atoms with Crippen molar-refractivity contribution in [3.63, 3.8) is 0 Å². The van der Waals surface area contributed by atoms with Crippen molar-refractivity contribution in [1.82, 2.24) is 15.1 Å². The van der Waals surface area contributed by atoms with Crippen LogP contribution in [0.4, 0.5) is 13.2 Å². The minimum atomic E-state index is -4.44. The molecule has 0 N–H and O–H groups in total. The Morgan fingerprint density at radius 3 is 2.61 bits per heavy atom. The molecule has 1 aromatic carbocycles. The number of methoxy groups -OCH3 is 1. The maximum absolute atomic E-state index is 12.5. The summed E-state index contributed by atoms with van der Waals surface area (Å²) in [7, 11) is 1.53. The quantitative estimate of drug-likeness (QED) is 0.734. The summed E-state index contributed by atoms with van der Waals surface area (Å²) in [4.78, 5) is 7.87. The molecule has 0 saturated carbocycles. The molecule has 0 atom stereocenters. The first-order valence-electron chi connectivity index (χ1n) is 6.49. The molecule has 0 spiro atoms. The van der Waals surface area contributed by atoms with Crippen LogP contribution in [-0.2, 0) is 6.18 Å². The van der Waals surface area contributed by atoms with Gasteiger partial charge in [0.05, 0.1) is 12.7 Å². The lowest BCUT2D eigenvalue weighted by Gasteiger charge is -2.05. The van der Waals surface area contributed by atoms with Gasteiger partial charge in [-0.15, -0.1) is 0 Å². The Balaban J connectivity index is 1.89. The van der Waals surface area contributed by atoms with E-state index < -0.39 is 11.7 Å². The Morgan fingerprint density at radius 2 is 1.96 bits per heavy atom. The summed E-state index contributed by atoms with van der Waals surface area (Å²) in [5, 5.41) is 3.74. The minimum absolute atomic E-state index is 0.108. The predicted molar refractivity (Wildman–Crippen MR) is 74.5 cm³/mol. The molecule has 0 aliphatic rings. The monoisotopic (exact) mass is 321 g/mol. The average Bonchev–Trinajstić information content (AvgIpc) is 3.04. The van der Waals surface area contributed by atoms with E-state index in [1.165, 1.54) is 13.2 Å². The highest BCUT2D eigenvalue weighted by Crippen LogP contribution is 2.30. The van der Waals surface area contributed by atoms with E-state index in [2.05, 4.69) is 15.1 Å². The zero-order chi connectivity index (χ0) is 16.4. The van der Waals surface area contributed by atoms with Crippen molar-refractivity contribution in [1.29, 1.82) is 0 Å². The van der Waals surface area contributed by atoms with Crippen LogP contribution in [0.5, 0.6) is 5.75 Å². The van der Waals surface area contributed by atoms with Gasteiger partial charge in [0.25, 0.3) is 5.89 Å². The maximum Gasteiger partial charge on any atom is 0.417 e. The van der Waals surface area contributed by atoms with Gasteiger partial charge >= 0.3 is 6.18 Å². The summed E-state index contributed by atoms with van der Waals surface area (Å²) < 4.78 is 47.8. The topological polar surface area (TPSA) is 61.0 Å². The Labute approximate surface area is 128 Å². The summed E-state index contributed by atoms with van der Waals surface area (Å²) in [6.45, 7) is 0. The molecule has 5 nitrogen and oxygen atoms in total. The van der Waals surface area contributed by atoms with Crippen molar-refractivity contribution in [2.75, 3.05) is 7.11 Å². The first-order valence-corrected chi connectivity index (χ1v) is 6.49. The number of hydrogen-bond acceptors (Lipinski definition) is 5. The number of aromatic nitrogens is 3. The second-order valence-electron chi connectivity index (χ2n) is 4.58. The summed E-state index contributed by atoms with van der Waals surface area (Å²) in [6, 6.07) is 9.09. The molecule has 0 fully saturated rings. The van der Waals surface area contributed by atoms with E-state index in [0.29, 0.717) is 11.3 Å². The predicted octanol–water partition coefficient (Wildman–Crippen LogP) is 3.83. The number of ether oxygens (including phenoxy) is 1. The maximum atomic E-state index is 12.5. The van der Waals surface area contributed by atoms with Crippen molar-refractivity contribution < 1.29 is 22.4 Å². The number of benzene rings is 1. The van der Waals surface area contributed by atoms with Crippen LogP contribution >= 0.6 is 0 Å². The molecule has 0 amide bonds. The second kappa shape index (κ2) is 5.71. The Morgan fingerprint density at radius 1 is 1.13 bits per heavy atom. The standard InChI is InChI=1S/C15H10F3N3O2/c1-22-11-4-2-3-9(7-11)14-20-13(21-23-14)12-6-5-10(8-19-12)15(16,17)18/h2-8H,1H3. The van der Waals surface area contributed by atoms with Gasteiger partial charge < -0.3 is 9.26 Å². The molecule has 118 valence electrons. The van der Waals surface area contributed by atoms with Gasteiger partial charge in [-0.1, -0.05) is 11.2 Å². The summed E-state index contributed by atoms with van der Waals surface area (Å²) >= 11 is 0. The van der Waals surface area contributed by atoms with Crippen molar-refractivity contribution >= 4 is 0 Å². The molecule has 3 rings (SSSR count). The van der Waals surface area contributed by atoms with E-state index >= 15 is 0 Å². The SMILES string of the molecule is COc1cccc(-c2nc(-c3ccc(C(F)(F)F)cn3)no2)c1. The van der Waals surface area contributed by atoms with Crippen LogP contribution in [0, 0.1) is 0 Å². The van der Waals surface area contributed by atoms with Gasteiger partial charge in [-0.2, -0.15) is 18.2 Å². The molecule has 23 heavy (non-hydrogen) atoms. The Kier molecular flexibility index (Phi) is 3.73. The normalized spacial score (nSPS) is 11.5. The molecule has 2 aromatic heterocycles. The van der Waals surface area contributed by atoms with E-state index in [-0.39, 0.29) is 17.4 Å². The molecule has 0 aliphatic heterocycles. The Hall–Kier alpha value is -2.90. The number of rotatable bonds is 3. The summed E-state index contributed by atoms with van der Waals surface area (Å²) in [5.41, 5.74) is -0.0105. The number of nitrogens with zero attached hydrogens (tertiary/aromatic N) is 3. The van der Waals surface area contributed by atoms with Crippen molar-refractivity contribution in [3.8, 4) is 28.7 Å². The van der Waals surface area contributed by atoms with Crippen molar-refractivity contribution in [2.45, 2.75) is 6.18 Å². The minimum Gasteiger partial charge on any atom is -0.497 e. The van der Waals surface area contributed by atoms with Gasteiger partial charge in [-0.05, 0) is 30.3 Å². The lowest BCUT2D eigenvalue weighted by Crippen LogP contribution is -2.05. The Bertz CT molecular complexity index is 813. The van der Waals surface area contributed by atoms with E-state index in [1.807, 2.05) is 0 Å². The first-order chi connectivity index (χ1) is 11.0. The molecular formula is C15H10F3N3O2. The van der Waals surface area contributed by atoms with Gasteiger partial charge in [0.1, 0.15) is 11.4 Å². The van der Waals surface area contributed by atoms with Crippen molar-refractivity contribution in [3.05, 3.63) is 48.2 Å². The fourth-order valence-corrected chi connectivity index (χ4v) is 1.89. The van der Waals surface area contributed by atoms with Crippen LogP contribution in [0.15, 0.2) is 47.1 Å². The zero-order valence-corrected chi connectivity index (χ0v) is 11.8. The number of hydrogen-bond donors (Lipinski definition) is 0. The molecule has 0 radical (unpaired) electrons. The second-order valence-corrected chi connectivity index (χ2v) is 4.58.